The van der Waals surface area contributed by atoms with Gasteiger partial charge in [0.2, 0.25) is 0 Å². The Labute approximate surface area is 131 Å². The molecule has 0 aliphatic heterocycles. The van der Waals surface area contributed by atoms with Crippen LogP contribution in [-0.4, -0.2) is 17.4 Å². The number of nitrogens with one attached hydrogen (secondary N) is 1. The van der Waals surface area contributed by atoms with E-state index in [1.165, 1.54) is 12.1 Å². The highest BCUT2D eigenvalue weighted by Gasteiger charge is 2.17. The van der Waals surface area contributed by atoms with Gasteiger partial charge in [-0.25, -0.2) is 0 Å². The first-order valence-corrected chi connectivity index (χ1v) is 7.60. The lowest BCUT2D eigenvalue weighted by molar-refractivity contribution is -0.380. The van der Waals surface area contributed by atoms with Crippen LogP contribution in [0.3, 0.4) is 0 Å². The zero-order chi connectivity index (χ0) is 16.1. The highest BCUT2D eigenvalue weighted by molar-refractivity contribution is 7.17. The summed E-state index contributed by atoms with van der Waals surface area (Å²) in [6.45, 7) is 4.37. The van der Waals surface area contributed by atoms with Crippen molar-refractivity contribution in [3.05, 3.63) is 57.0 Å². The number of hydrogen-bond donors (Lipinski definition) is 1. The number of amides is 1. The molecule has 0 bridgehead atoms. The second-order valence-corrected chi connectivity index (χ2v) is 5.65. The third-order valence-electron chi connectivity index (χ3n) is 3.03. The van der Waals surface area contributed by atoms with E-state index in [1.807, 2.05) is 38.1 Å². The van der Waals surface area contributed by atoms with Crippen LogP contribution < -0.4 is 10.1 Å². The van der Waals surface area contributed by atoms with Gasteiger partial charge in [0, 0.05) is 6.07 Å². The van der Waals surface area contributed by atoms with Crippen molar-refractivity contribution in [3.8, 4) is 5.75 Å². The van der Waals surface area contributed by atoms with Gasteiger partial charge in [0.15, 0.2) is 0 Å². The third-order valence-corrected chi connectivity index (χ3v) is 4.07. The SMILES string of the molecule is CCOc1ccc([C@H](C)NC(=O)c2ccc([N+](=O)[O-])s2)cc1. The molecule has 1 N–H and O–H groups in total. The molecular weight excluding hydrogens is 304 g/mol. The standard InChI is InChI=1S/C15H16N2O4S/c1-3-21-12-6-4-11(5-7-12)10(2)16-15(18)13-8-9-14(22-13)17(19)20/h4-10H,3H2,1-2H3,(H,16,18)/t10-/m0/s1. The zero-order valence-corrected chi connectivity index (χ0v) is 13.1. The molecule has 0 fully saturated rings. The lowest BCUT2D eigenvalue weighted by Crippen LogP contribution is -2.25. The summed E-state index contributed by atoms with van der Waals surface area (Å²) in [5.74, 6) is 0.457. The highest BCUT2D eigenvalue weighted by Crippen LogP contribution is 2.25. The van der Waals surface area contributed by atoms with E-state index in [0.29, 0.717) is 11.5 Å². The molecule has 1 heterocycles. The van der Waals surface area contributed by atoms with Crippen molar-refractivity contribution in [2.75, 3.05) is 6.61 Å². The monoisotopic (exact) mass is 320 g/mol. The van der Waals surface area contributed by atoms with Gasteiger partial charge in [-0.3, -0.25) is 14.9 Å². The molecule has 2 rings (SSSR count). The molecule has 1 aromatic carbocycles. The Morgan fingerprint density at radius 3 is 2.55 bits per heavy atom. The Morgan fingerprint density at radius 1 is 1.32 bits per heavy atom. The van der Waals surface area contributed by atoms with E-state index < -0.39 is 4.92 Å². The molecule has 6 nitrogen and oxygen atoms in total. The van der Waals surface area contributed by atoms with Gasteiger partial charge in [0.05, 0.1) is 22.4 Å². The van der Waals surface area contributed by atoms with E-state index in [1.54, 1.807) is 0 Å². The summed E-state index contributed by atoms with van der Waals surface area (Å²) in [6, 6.07) is 10.0. The normalized spacial score (nSPS) is 11.7. The average molecular weight is 320 g/mol. The fraction of sp³-hybridized carbons (Fsp3) is 0.267. The maximum Gasteiger partial charge on any atom is 0.324 e. The quantitative estimate of drug-likeness (QED) is 0.652. The van der Waals surface area contributed by atoms with E-state index in [4.69, 9.17) is 4.74 Å². The fourth-order valence-electron chi connectivity index (χ4n) is 1.92. The van der Waals surface area contributed by atoms with E-state index in [9.17, 15) is 14.9 Å². The van der Waals surface area contributed by atoms with Gasteiger partial charge in [0.1, 0.15) is 5.75 Å². The molecular formula is C15H16N2O4S. The Balaban J connectivity index is 2.02. The molecule has 2 aromatic rings. The number of nitrogens with zero attached hydrogens (tertiary/aromatic N) is 1. The summed E-state index contributed by atoms with van der Waals surface area (Å²) in [4.78, 5) is 22.5. The van der Waals surface area contributed by atoms with Crippen LogP contribution in [0, 0.1) is 10.1 Å². The second kappa shape index (κ2) is 7.04. The minimum Gasteiger partial charge on any atom is -0.494 e. The van der Waals surface area contributed by atoms with Crippen LogP contribution in [-0.2, 0) is 0 Å². The summed E-state index contributed by atoms with van der Waals surface area (Å²) in [5, 5.41) is 13.4. The summed E-state index contributed by atoms with van der Waals surface area (Å²) in [6.07, 6.45) is 0. The fourth-order valence-corrected chi connectivity index (χ4v) is 2.64. The molecule has 0 saturated carbocycles. The van der Waals surface area contributed by atoms with Crippen molar-refractivity contribution in [3.63, 3.8) is 0 Å². The molecule has 1 amide bonds. The van der Waals surface area contributed by atoms with Crippen LogP contribution >= 0.6 is 11.3 Å². The van der Waals surface area contributed by atoms with E-state index in [-0.39, 0.29) is 17.0 Å². The molecule has 116 valence electrons. The first-order valence-electron chi connectivity index (χ1n) is 6.79. The largest absolute Gasteiger partial charge is 0.494 e. The number of carbonyl (C=O) groups is 1. The molecule has 0 saturated heterocycles. The molecule has 0 aliphatic rings. The third kappa shape index (κ3) is 3.82. The number of carbonyl (C=O) groups excluding carboxylic acids is 1. The lowest BCUT2D eigenvalue weighted by Gasteiger charge is -2.14. The van der Waals surface area contributed by atoms with Crippen LogP contribution in [0.25, 0.3) is 0 Å². The molecule has 1 aromatic heterocycles. The molecule has 0 unspecified atom stereocenters. The van der Waals surface area contributed by atoms with Crippen LogP contribution in [0.2, 0.25) is 0 Å². The summed E-state index contributed by atoms with van der Waals surface area (Å²) < 4.78 is 5.37. The van der Waals surface area contributed by atoms with Gasteiger partial charge in [-0.15, -0.1) is 0 Å². The maximum atomic E-state index is 12.1. The van der Waals surface area contributed by atoms with E-state index in [0.717, 1.165) is 22.6 Å². The predicted molar refractivity (Wildman–Crippen MR) is 84.5 cm³/mol. The lowest BCUT2D eigenvalue weighted by atomic mass is 10.1. The Kier molecular flexibility index (Phi) is 5.11. The van der Waals surface area contributed by atoms with Crippen molar-refractivity contribution >= 4 is 22.2 Å². The van der Waals surface area contributed by atoms with Gasteiger partial charge < -0.3 is 10.1 Å². The Bertz CT molecular complexity index is 666. The minimum atomic E-state index is -0.503. The van der Waals surface area contributed by atoms with Crippen LogP contribution in [0.5, 0.6) is 5.75 Å². The van der Waals surface area contributed by atoms with Crippen molar-refractivity contribution in [1.29, 1.82) is 0 Å². The van der Waals surface area contributed by atoms with E-state index >= 15 is 0 Å². The van der Waals surface area contributed by atoms with Gasteiger partial charge >= 0.3 is 5.00 Å². The van der Waals surface area contributed by atoms with Gasteiger partial charge in [0.25, 0.3) is 5.91 Å². The molecule has 0 spiro atoms. The highest BCUT2D eigenvalue weighted by atomic mass is 32.1. The van der Waals surface area contributed by atoms with E-state index in [2.05, 4.69) is 5.32 Å². The Hall–Kier alpha value is -2.41. The smallest absolute Gasteiger partial charge is 0.324 e. The summed E-state index contributed by atoms with van der Waals surface area (Å²) >= 11 is 0.864. The zero-order valence-electron chi connectivity index (χ0n) is 12.2. The van der Waals surface area contributed by atoms with Crippen molar-refractivity contribution in [2.45, 2.75) is 19.9 Å². The second-order valence-electron chi connectivity index (χ2n) is 4.59. The van der Waals surface area contributed by atoms with Crippen LogP contribution in [0.15, 0.2) is 36.4 Å². The first kappa shape index (κ1) is 16.0. The number of benzene rings is 1. The number of rotatable bonds is 6. The Morgan fingerprint density at radius 2 is 2.00 bits per heavy atom. The number of thiophene rings is 1. The molecule has 1 atom stereocenters. The number of ether oxygens (including phenoxy) is 1. The van der Waals surface area contributed by atoms with Gasteiger partial charge in [-0.1, -0.05) is 23.5 Å². The van der Waals surface area contributed by atoms with Crippen molar-refractivity contribution in [1.82, 2.24) is 5.32 Å². The number of hydrogen-bond acceptors (Lipinski definition) is 5. The molecule has 22 heavy (non-hydrogen) atoms. The van der Waals surface area contributed by atoms with Crippen molar-refractivity contribution in [2.24, 2.45) is 0 Å². The average Bonchev–Trinajstić information content (AvgIpc) is 2.98. The van der Waals surface area contributed by atoms with Gasteiger partial charge in [-0.05, 0) is 37.6 Å². The number of nitro groups is 1. The van der Waals surface area contributed by atoms with Crippen LogP contribution in [0.4, 0.5) is 5.00 Å². The first-order chi connectivity index (χ1) is 10.5. The topological polar surface area (TPSA) is 81.5 Å². The van der Waals surface area contributed by atoms with Crippen LogP contribution in [0.1, 0.15) is 35.1 Å². The van der Waals surface area contributed by atoms with Crippen molar-refractivity contribution < 1.29 is 14.5 Å². The summed E-state index contributed by atoms with van der Waals surface area (Å²) in [7, 11) is 0. The molecule has 0 radical (unpaired) electrons. The van der Waals surface area contributed by atoms with Gasteiger partial charge in [-0.2, -0.15) is 0 Å². The molecule has 0 aliphatic carbocycles. The molecule has 7 heteroatoms. The maximum absolute atomic E-state index is 12.1. The predicted octanol–water partition coefficient (Wildman–Crippen LogP) is 3.55. The minimum absolute atomic E-state index is 0.0427. The summed E-state index contributed by atoms with van der Waals surface area (Å²) in [5.41, 5.74) is 0.933.